The number of amides is 1. The quantitative estimate of drug-likeness (QED) is 0.682. The summed E-state index contributed by atoms with van der Waals surface area (Å²) in [5, 5.41) is 2.83. The summed E-state index contributed by atoms with van der Waals surface area (Å²) in [5.41, 5.74) is 5.51. The van der Waals surface area contributed by atoms with Gasteiger partial charge < -0.3 is 15.8 Å². The van der Waals surface area contributed by atoms with Crippen molar-refractivity contribution in [3.8, 4) is 0 Å². The fourth-order valence-corrected chi connectivity index (χ4v) is 1.72. The molecule has 0 aliphatic heterocycles. The fourth-order valence-electron chi connectivity index (χ4n) is 1.72. The molecular formula is C11H22N2O2. The zero-order valence-electron chi connectivity index (χ0n) is 9.66. The van der Waals surface area contributed by atoms with Gasteiger partial charge in [-0.3, -0.25) is 4.79 Å². The number of carbonyl (C=O) groups excluding carboxylic acids is 1. The van der Waals surface area contributed by atoms with Crippen LogP contribution in [0.3, 0.4) is 0 Å². The molecule has 0 aromatic heterocycles. The molecule has 1 fully saturated rings. The zero-order valence-corrected chi connectivity index (χ0v) is 9.66. The largest absolute Gasteiger partial charge is 0.378 e. The van der Waals surface area contributed by atoms with Gasteiger partial charge in [-0.2, -0.15) is 0 Å². The van der Waals surface area contributed by atoms with Crippen LogP contribution in [0.5, 0.6) is 0 Å². The number of carbonyl (C=O) groups is 1. The van der Waals surface area contributed by atoms with Gasteiger partial charge in [0.2, 0.25) is 5.91 Å². The van der Waals surface area contributed by atoms with Crippen molar-refractivity contribution in [3.63, 3.8) is 0 Å². The number of nitrogens with one attached hydrogen (secondary N) is 1. The van der Waals surface area contributed by atoms with Crippen LogP contribution < -0.4 is 11.1 Å². The van der Waals surface area contributed by atoms with Crippen LogP contribution in [0.4, 0.5) is 0 Å². The van der Waals surface area contributed by atoms with Crippen molar-refractivity contribution in [1.29, 1.82) is 0 Å². The summed E-state index contributed by atoms with van der Waals surface area (Å²) in [6, 6.07) is 0.211. The second-order valence-corrected chi connectivity index (χ2v) is 4.54. The zero-order chi connectivity index (χ0) is 11.3. The highest BCUT2D eigenvalue weighted by molar-refractivity contribution is 5.76. The molecule has 0 unspecified atom stereocenters. The van der Waals surface area contributed by atoms with Crippen molar-refractivity contribution in [2.24, 2.45) is 11.7 Å². The SMILES string of the molecule is CC(C)NC(=O)CCOC1CC(CN)C1. The van der Waals surface area contributed by atoms with Crippen molar-refractivity contribution in [2.45, 2.75) is 45.3 Å². The van der Waals surface area contributed by atoms with E-state index in [0.29, 0.717) is 25.0 Å². The topological polar surface area (TPSA) is 64.3 Å². The number of ether oxygens (including phenoxy) is 1. The summed E-state index contributed by atoms with van der Waals surface area (Å²) in [4.78, 5) is 11.3. The minimum Gasteiger partial charge on any atom is -0.378 e. The molecule has 0 atom stereocenters. The first-order valence-electron chi connectivity index (χ1n) is 5.72. The Kier molecular flexibility index (Phi) is 5.05. The summed E-state index contributed by atoms with van der Waals surface area (Å²) in [6.45, 7) is 5.20. The van der Waals surface area contributed by atoms with Crippen LogP contribution >= 0.6 is 0 Å². The van der Waals surface area contributed by atoms with Crippen LogP contribution in [-0.2, 0) is 9.53 Å². The van der Waals surface area contributed by atoms with E-state index in [2.05, 4.69) is 5.32 Å². The second kappa shape index (κ2) is 6.08. The highest BCUT2D eigenvalue weighted by Crippen LogP contribution is 2.28. The molecule has 0 aromatic carbocycles. The molecule has 0 spiro atoms. The van der Waals surface area contributed by atoms with Crippen molar-refractivity contribution < 1.29 is 9.53 Å². The highest BCUT2D eigenvalue weighted by Gasteiger charge is 2.28. The Bertz CT molecular complexity index is 201. The van der Waals surface area contributed by atoms with Gasteiger partial charge in [0.05, 0.1) is 12.7 Å². The molecule has 88 valence electrons. The van der Waals surface area contributed by atoms with Crippen molar-refractivity contribution in [2.75, 3.05) is 13.2 Å². The molecule has 3 N–H and O–H groups in total. The molecule has 1 aliphatic carbocycles. The maximum Gasteiger partial charge on any atom is 0.222 e. The van der Waals surface area contributed by atoms with E-state index in [1.54, 1.807) is 0 Å². The lowest BCUT2D eigenvalue weighted by Crippen LogP contribution is -2.37. The molecule has 1 saturated carbocycles. The van der Waals surface area contributed by atoms with Gasteiger partial charge in [-0.05, 0) is 39.2 Å². The molecule has 0 aromatic rings. The average molecular weight is 214 g/mol. The van der Waals surface area contributed by atoms with Crippen molar-refractivity contribution >= 4 is 5.91 Å². The second-order valence-electron chi connectivity index (χ2n) is 4.54. The van der Waals surface area contributed by atoms with Crippen LogP contribution in [0, 0.1) is 5.92 Å². The van der Waals surface area contributed by atoms with Crippen LogP contribution in [0.1, 0.15) is 33.1 Å². The number of nitrogens with two attached hydrogens (primary N) is 1. The lowest BCUT2D eigenvalue weighted by atomic mass is 9.82. The van der Waals surface area contributed by atoms with Gasteiger partial charge in [0.25, 0.3) is 0 Å². The molecule has 15 heavy (non-hydrogen) atoms. The number of hydrogen-bond donors (Lipinski definition) is 2. The van der Waals surface area contributed by atoms with Gasteiger partial charge in [0.1, 0.15) is 0 Å². The Balaban J connectivity index is 1.96. The molecule has 4 nitrogen and oxygen atoms in total. The maximum absolute atomic E-state index is 11.3. The Morgan fingerprint density at radius 2 is 2.20 bits per heavy atom. The monoisotopic (exact) mass is 214 g/mol. The molecule has 1 amide bonds. The summed E-state index contributed by atoms with van der Waals surface area (Å²) in [5.74, 6) is 0.708. The third-order valence-electron chi connectivity index (χ3n) is 2.66. The predicted octanol–water partition coefficient (Wildman–Crippen LogP) is 0.655. The summed E-state index contributed by atoms with van der Waals surface area (Å²) in [7, 11) is 0. The predicted molar refractivity (Wildman–Crippen MR) is 59.4 cm³/mol. The van der Waals surface area contributed by atoms with Gasteiger partial charge in [0, 0.05) is 12.5 Å². The van der Waals surface area contributed by atoms with E-state index >= 15 is 0 Å². The lowest BCUT2D eigenvalue weighted by Gasteiger charge is -2.34. The van der Waals surface area contributed by atoms with E-state index in [9.17, 15) is 4.79 Å². The first kappa shape index (κ1) is 12.5. The molecule has 0 bridgehead atoms. The molecule has 1 aliphatic rings. The van der Waals surface area contributed by atoms with Crippen LogP contribution in [0.2, 0.25) is 0 Å². The first-order valence-corrected chi connectivity index (χ1v) is 5.72. The molecule has 1 rings (SSSR count). The van der Waals surface area contributed by atoms with Crippen molar-refractivity contribution in [1.82, 2.24) is 5.32 Å². The average Bonchev–Trinajstić information content (AvgIpc) is 2.07. The molecule has 4 heteroatoms. The highest BCUT2D eigenvalue weighted by atomic mass is 16.5. The molecule has 0 saturated heterocycles. The third-order valence-corrected chi connectivity index (χ3v) is 2.66. The first-order chi connectivity index (χ1) is 7.11. The van der Waals surface area contributed by atoms with Crippen LogP contribution in [-0.4, -0.2) is 31.2 Å². The molecule has 0 heterocycles. The van der Waals surface area contributed by atoms with Gasteiger partial charge in [-0.25, -0.2) is 0 Å². The molecule has 0 radical (unpaired) electrons. The lowest BCUT2D eigenvalue weighted by molar-refractivity contribution is -0.124. The van der Waals surface area contributed by atoms with E-state index in [-0.39, 0.29) is 11.9 Å². The Morgan fingerprint density at radius 3 is 2.73 bits per heavy atom. The Morgan fingerprint density at radius 1 is 1.53 bits per heavy atom. The summed E-state index contributed by atoms with van der Waals surface area (Å²) >= 11 is 0. The minimum absolute atomic E-state index is 0.0692. The van der Waals surface area contributed by atoms with E-state index in [1.165, 1.54) is 0 Å². The Labute approximate surface area is 91.5 Å². The third kappa shape index (κ3) is 4.62. The van der Waals surface area contributed by atoms with E-state index in [1.807, 2.05) is 13.8 Å². The van der Waals surface area contributed by atoms with E-state index in [4.69, 9.17) is 10.5 Å². The van der Waals surface area contributed by atoms with E-state index in [0.717, 1.165) is 19.4 Å². The van der Waals surface area contributed by atoms with Crippen molar-refractivity contribution in [3.05, 3.63) is 0 Å². The fraction of sp³-hybridized carbons (Fsp3) is 0.909. The van der Waals surface area contributed by atoms with Gasteiger partial charge >= 0.3 is 0 Å². The Hall–Kier alpha value is -0.610. The maximum atomic E-state index is 11.3. The number of hydrogen-bond acceptors (Lipinski definition) is 3. The molecular weight excluding hydrogens is 192 g/mol. The number of rotatable bonds is 6. The smallest absolute Gasteiger partial charge is 0.222 e. The summed E-state index contributed by atoms with van der Waals surface area (Å²) < 4.78 is 5.55. The standard InChI is InChI=1S/C11H22N2O2/c1-8(2)13-11(14)3-4-15-10-5-9(6-10)7-12/h8-10H,3-7,12H2,1-2H3,(H,13,14). The van der Waals surface area contributed by atoms with E-state index < -0.39 is 0 Å². The van der Waals surface area contributed by atoms with Gasteiger partial charge in [0.15, 0.2) is 0 Å². The summed E-state index contributed by atoms with van der Waals surface area (Å²) in [6.07, 6.45) is 2.91. The minimum atomic E-state index is 0.0692. The van der Waals surface area contributed by atoms with Crippen LogP contribution in [0.15, 0.2) is 0 Å². The van der Waals surface area contributed by atoms with Crippen LogP contribution in [0.25, 0.3) is 0 Å². The normalized spacial score (nSPS) is 25.1. The van der Waals surface area contributed by atoms with Gasteiger partial charge in [-0.1, -0.05) is 0 Å². The van der Waals surface area contributed by atoms with Gasteiger partial charge in [-0.15, -0.1) is 0 Å².